The van der Waals surface area contributed by atoms with Gasteiger partial charge in [0.25, 0.3) is 0 Å². The SMILES string of the molecule is CCC(CC)(CN)C(=O)NC(C)c1nc(-c2ccc(Br)cc2)no1.Cl. The fraction of sp³-hybridized carbons (Fsp3) is 0.471. The van der Waals surface area contributed by atoms with Crippen molar-refractivity contribution in [2.75, 3.05) is 6.54 Å². The second-order valence-corrected chi connectivity index (χ2v) is 6.77. The highest BCUT2D eigenvalue weighted by atomic mass is 79.9. The van der Waals surface area contributed by atoms with Crippen molar-refractivity contribution in [1.29, 1.82) is 0 Å². The zero-order valence-corrected chi connectivity index (χ0v) is 17.0. The molecule has 25 heavy (non-hydrogen) atoms. The second-order valence-electron chi connectivity index (χ2n) is 5.85. The van der Waals surface area contributed by atoms with E-state index in [2.05, 4.69) is 31.4 Å². The Kier molecular flexibility index (Phi) is 8.05. The van der Waals surface area contributed by atoms with Crippen LogP contribution in [-0.2, 0) is 4.79 Å². The number of hydrogen-bond acceptors (Lipinski definition) is 5. The van der Waals surface area contributed by atoms with Gasteiger partial charge in [0.05, 0.1) is 5.41 Å². The highest BCUT2D eigenvalue weighted by molar-refractivity contribution is 9.10. The van der Waals surface area contributed by atoms with Gasteiger partial charge < -0.3 is 15.6 Å². The molecule has 0 saturated carbocycles. The Morgan fingerprint density at radius 2 is 1.92 bits per heavy atom. The van der Waals surface area contributed by atoms with Crippen LogP contribution in [-0.4, -0.2) is 22.6 Å². The third-order valence-electron chi connectivity index (χ3n) is 4.49. The molecule has 138 valence electrons. The highest BCUT2D eigenvalue weighted by Gasteiger charge is 2.34. The van der Waals surface area contributed by atoms with E-state index in [9.17, 15) is 4.79 Å². The van der Waals surface area contributed by atoms with Crippen molar-refractivity contribution < 1.29 is 9.32 Å². The molecule has 1 atom stereocenters. The standard InChI is InChI=1S/C17H23BrN4O2.ClH/c1-4-17(5-2,10-19)16(23)20-11(3)15-21-14(22-24-15)12-6-8-13(18)9-7-12;/h6-9,11H,4-5,10,19H2,1-3H3,(H,20,23);1H. The Hall–Kier alpha value is -1.44. The predicted molar refractivity (Wildman–Crippen MR) is 103 cm³/mol. The largest absolute Gasteiger partial charge is 0.344 e. The number of nitrogens with zero attached hydrogens (tertiary/aromatic N) is 2. The third-order valence-corrected chi connectivity index (χ3v) is 5.02. The van der Waals surface area contributed by atoms with Gasteiger partial charge in [0.1, 0.15) is 6.04 Å². The van der Waals surface area contributed by atoms with Crippen LogP contribution in [0.3, 0.4) is 0 Å². The van der Waals surface area contributed by atoms with Crippen LogP contribution in [0.2, 0.25) is 0 Å². The first-order chi connectivity index (χ1) is 11.5. The quantitative estimate of drug-likeness (QED) is 0.694. The third kappa shape index (κ3) is 4.80. The lowest BCUT2D eigenvalue weighted by Crippen LogP contribution is -2.46. The molecule has 1 heterocycles. The van der Waals surface area contributed by atoms with Crippen molar-refractivity contribution in [2.45, 2.75) is 39.7 Å². The summed E-state index contributed by atoms with van der Waals surface area (Å²) in [5.74, 6) is 0.792. The van der Waals surface area contributed by atoms with Crippen molar-refractivity contribution in [3.63, 3.8) is 0 Å². The number of hydrogen-bond donors (Lipinski definition) is 2. The number of carbonyl (C=O) groups is 1. The van der Waals surface area contributed by atoms with Crippen molar-refractivity contribution in [3.8, 4) is 11.4 Å². The number of halogens is 2. The van der Waals surface area contributed by atoms with Crippen molar-refractivity contribution in [3.05, 3.63) is 34.6 Å². The summed E-state index contributed by atoms with van der Waals surface area (Å²) in [6.07, 6.45) is 1.37. The van der Waals surface area contributed by atoms with E-state index in [0.717, 1.165) is 10.0 Å². The summed E-state index contributed by atoms with van der Waals surface area (Å²) in [6, 6.07) is 7.24. The van der Waals surface area contributed by atoms with Gasteiger partial charge in [0.15, 0.2) is 0 Å². The van der Waals surface area contributed by atoms with Crippen LogP contribution in [0.4, 0.5) is 0 Å². The smallest absolute Gasteiger partial charge is 0.249 e. The van der Waals surface area contributed by atoms with E-state index < -0.39 is 5.41 Å². The fourth-order valence-electron chi connectivity index (χ4n) is 2.49. The van der Waals surface area contributed by atoms with Gasteiger partial charge in [0, 0.05) is 16.6 Å². The first-order valence-electron chi connectivity index (χ1n) is 8.06. The Morgan fingerprint density at radius 1 is 1.32 bits per heavy atom. The molecule has 0 aliphatic rings. The van der Waals surface area contributed by atoms with Crippen LogP contribution in [0.25, 0.3) is 11.4 Å². The van der Waals surface area contributed by atoms with E-state index >= 15 is 0 Å². The number of carbonyl (C=O) groups excluding carboxylic acids is 1. The summed E-state index contributed by atoms with van der Waals surface area (Å²) < 4.78 is 6.29. The molecule has 1 aromatic heterocycles. The molecule has 0 aliphatic carbocycles. The summed E-state index contributed by atoms with van der Waals surface area (Å²) in [5.41, 5.74) is 6.12. The molecule has 0 spiro atoms. The van der Waals surface area contributed by atoms with Gasteiger partial charge in [-0.05, 0) is 44.0 Å². The lowest BCUT2D eigenvalue weighted by molar-refractivity contribution is -0.131. The van der Waals surface area contributed by atoms with Crippen molar-refractivity contribution in [2.24, 2.45) is 11.1 Å². The molecule has 0 bridgehead atoms. The lowest BCUT2D eigenvalue weighted by Gasteiger charge is -2.29. The van der Waals surface area contributed by atoms with Crippen LogP contribution >= 0.6 is 28.3 Å². The molecule has 0 radical (unpaired) electrons. The van der Waals surface area contributed by atoms with Gasteiger partial charge in [-0.3, -0.25) is 4.79 Å². The summed E-state index contributed by atoms with van der Waals surface area (Å²) in [6.45, 7) is 6.08. The number of amides is 1. The monoisotopic (exact) mass is 430 g/mol. The Labute approximate surface area is 162 Å². The molecule has 1 amide bonds. The first-order valence-corrected chi connectivity index (χ1v) is 8.85. The molecule has 1 aromatic carbocycles. The molecule has 0 aliphatic heterocycles. The minimum atomic E-state index is -0.553. The number of nitrogens with two attached hydrogens (primary N) is 1. The minimum absolute atomic E-state index is 0. The Morgan fingerprint density at radius 3 is 2.44 bits per heavy atom. The van der Waals surface area contributed by atoms with E-state index in [-0.39, 0.29) is 24.4 Å². The maximum absolute atomic E-state index is 12.6. The summed E-state index contributed by atoms with van der Waals surface area (Å²) >= 11 is 3.39. The minimum Gasteiger partial charge on any atom is -0.344 e. The zero-order valence-electron chi connectivity index (χ0n) is 14.6. The molecule has 2 aromatic rings. The molecular formula is C17H24BrClN4O2. The van der Waals surface area contributed by atoms with Crippen molar-refractivity contribution in [1.82, 2.24) is 15.5 Å². The van der Waals surface area contributed by atoms with Crippen LogP contribution in [0.5, 0.6) is 0 Å². The molecule has 3 N–H and O–H groups in total. The zero-order chi connectivity index (χ0) is 17.7. The van der Waals surface area contributed by atoms with E-state index in [1.807, 2.05) is 45.0 Å². The van der Waals surface area contributed by atoms with E-state index in [1.54, 1.807) is 0 Å². The Bertz CT molecular complexity index is 678. The predicted octanol–water partition coefficient (Wildman–Crippen LogP) is 3.86. The molecule has 1 unspecified atom stereocenters. The van der Waals surface area contributed by atoms with Gasteiger partial charge in [-0.25, -0.2) is 0 Å². The lowest BCUT2D eigenvalue weighted by atomic mass is 9.81. The first kappa shape index (κ1) is 21.6. The van der Waals surface area contributed by atoms with Crippen LogP contribution in [0, 0.1) is 5.41 Å². The molecule has 6 nitrogen and oxygen atoms in total. The summed E-state index contributed by atoms with van der Waals surface area (Å²) in [4.78, 5) is 17.0. The topological polar surface area (TPSA) is 94.0 Å². The maximum Gasteiger partial charge on any atom is 0.249 e. The molecule has 2 rings (SSSR count). The van der Waals surface area contributed by atoms with Gasteiger partial charge >= 0.3 is 0 Å². The van der Waals surface area contributed by atoms with Gasteiger partial charge in [-0.1, -0.05) is 34.9 Å². The van der Waals surface area contributed by atoms with Crippen LogP contribution in [0.1, 0.15) is 45.5 Å². The Balaban J connectivity index is 0.00000312. The molecule has 0 saturated heterocycles. The van der Waals surface area contributed by atoms with E-state index in [4.69, 9.17) is 10.3 Å². The summed E-state index contributed by atoms with van der Waals surface area (Å²) in [5, 5.41) is 6.93. The number of benzene rings is 1. The summed E-state index contributed by atoms with van der Waals surface area (Å²) in [7, 11) is 0. The average molecular weight is 432 g/mol. The number of aromatic nitrogens is 2. The average Bonchev–Trinajstić information content (AvgIpc) is 3.08. The second kappa shape index (κ2) is 9.31. The molecular weight excluding hydrogens is 408 g/mol. The number of nitrogens with one attached hydrogen (secondary N) is 1. The van der Waals surface area contributed by atoms with Crippen LogP contribution in [0.15, 0.2) is 33.3 Å². The van der Waals surface area contributed by atoms with Crippen molar-refractivity contribution >= 4 is 34.2 Å². The normalized spacial score (nSPS) is 12.4. The molecule has 0 fully saturated rings. The maximum atomic E-state index is 12.6. The van der Waals surface area contributed by atoms with Gasteiger partial charge in [-0.2, -0.15) is 4.98 Å². The van der Waals surface area contributed by atoms with Crippen LogP contribution < -0.4 is 11.1 Å². The molecule has 8 heteroatoms. The van der Waals surface area contributed by atoms with Gasteiger partial charge in [0.2, 0.25) is 17.6 Å². The van der Waals surface area contributed by atoms with E-state index in [0.29, 0.717) is 31.1 Å². The fourth-order valence-corrected chi connectivity index (χ4v) is 2.76. The highest BCUT2D eigenvalue weighted by Crippen LogP contribution is 2.27. The van der Waals surface area contributed by atoms with E-state index in [1.165, 1.54) is 0 Å². The van der Waals surface area contributed by atoms with Gasteiger partial charge in [-0.15, -0.1) is 12.4 Å². The number of rotatable bonds is 7.